The Bertz CT molecular complexity index is 292. The molecule has 0 aliphatic carbocycles. The average Bonchev–Trinajstić information content (AvgIpc) is 2.27. The zero-order chi connectivity index (χ0) is 12.9. The number of carbonyl (C=O) groups excluding carboxylic acids is 1. The first-order valence-corrected chi connectivity index (χ1v) is 6.17. The summed E-state index contributed by atoms with van der Waals surface area (Å²) >= 11 is 0. The SMILES string of the molecule is CC(C)(C)CC(CO)NC(=O)C1=CCCCO1. The van der Waals surface area contributed by atoms with Crippen LogP contribution in [-0.2, 0) is 9.53 Å². The van der Waals surface area contributed by atoms with Crippen LogP contribution in [-0.4, -0.2) is 30.3 Å². The van der Waals surface area contributed by atoms with Gasteiger partial charge in [0.25, 0.3) is 5.91 Å². The van der Waals surface area contributed by atoms with Crippen LogP contribution in [0.15, 0.2) is 11.8 Å². The number of aliphatic hydroxyl groups is 1. The van der Waals surface area contributed by atoms with E-state index in [0.717, 1.165) is 19.3 Å². The molecule has 1 rings (SSSR count). The summed E-state index contributed by atoms with van der Waals surface area (Å²) in [5.41, 5.74) is 0.0719. The van der Waals surface area contributed by atoms with Gasteiger partial charge >= 0.3 is 0 Å². The zero-order valence-corrected chi connectivity index (χ0v) is 11.0. The van der Waals surface area contributed by atoms with E-state index in [4.69, 9.17) is 4.74 Å². The van der Waals surface area contributed by atoms with E-state index < -0.39 is 0 Å². The Balaban J connectivity index is 2.50. The van der Waals surface area contributed by atoms with Gasteiger partial charge in [-0.15, -0.1) is 0 Å². The molecule has 17 heavy (non-hydrogen) atoms. The molecule has 0 aromatic rings. The first-order valence-electron chi connectivity index (χ1n) is 6.17. The number of nitrogens with one attached hydrogen (secondary N) is 1. The predicted molar refractivity (Wildman–Crippen MR) is 66.4 cm³/mol. The maximum absolute atomic E-state index is 11.8. The molecule has 0 aromatic carbocycles. The fourth-order valence-electron chi connectivity index (χ4n) is 1.87. The Morgan fingerprint density at radius 3 is 2.76 bits per heavy atom. The zero-order valence-electron chi connectivity index (χ0n) is 11.0. The molecule has 0 spiro atoms. The van der Waals surface area contributed by atoms with Crippen molar-refractivity contribution in [2.45, 2.75) is 46.1 Å². The van der Waals surface area contributed by atoms with Crippen molar-refractivity contribution in [2.24, 2.45) is 5.41 Å². The second-order valence-corrected chi connectivity index (χ2v) is 5.68. The normalized spacial score (nSPS) is 18.0. The molecule has 1 aliphatic heterocycles. The van der Waals surface area contributed by atoms with Gasteiger partial charge in [0.2, 0.25) is 0 Å². The molecule has 0 radical (unpaired) electrons. The Morgan fingerprint density at radius 2 is 2.29 bits per heavy atom. The molecule has 0 saturated heterocycles. The highest BCUT2D eigenvalue weighted by molar-refractivity contribution is 5.91. The summed E-state index contributed by atoms with van der Waals surface area (Å²) < 4.78 is 5.28. The van der Waals surface area contributed by atoms with Gasteiger partial charge in [0.15, 0.2) is 5.76 Å². The third-order valence-corrected chi connectivity index (χ3v) is 2.57. The van der Waals surface area contributed by atoms with Crippen molar-refractivity contribution in [3.63, 3.8) is 0 Å². The molecular formula is C13H23NO3. The van der Waals surface area contributed by atoms with Crippen LogP contribution < -0.4 is 5.32 Å². The maximum Gasteiger partial charge on any atom is 0.286 e. The molecule has 0 saturated carbocycles. The van der Waals surface area contributed by atoms with Gasteiger partial charge in [0.05, 0.1) is 19.3 Å². The number of rotatable bonds is 4. The lowest BCUT2D eigenvalue weighted by atomic mass is 9.88. The van der Waals surface area contributed by atoms with Gasteiger partial charge in [-0.3, -0.25) is 4.79 Å². The first-order chi connectivity index (χ1) is 7.92. The molecule has 1 aliphatic rings. The minimum atomic E-state index is -0.215. The lowest BCUT2D eigenvalue weighted by molar-refractivity contribution is -0.122. The van der Waals surface area contributed by atoms with Crippen molar-refractivity contribution in [2.75, 3.05) is 13.2 Å². The molecular weight excluding hydrogens is 218 g/mol. The lowest BCUT2D eigenvalue weighted by Gasteiger charge is -2.26. The van der Waals surface area contributed by atoms with Crippen molar-refractivity contribution < 1.29 is 14.6 Å². The Labute approximate surface area is 103 Å². The quantitative estimate of drug-likeness (QED) is 0.786. The van der Waals surface area contributed by atoms with Crippen LogP contribution in [0.25, 0.3) is 0 Å². The summed E-state index contributed by atoms with van der Waals surface area (Å²) in [6, 6.07) is -0.214. The highest BCUT2D eigenvalue weighted by Gasteiger charge is 2.22. The number of hydrogen-bond donors (Lipinski definition) is 2. The van der Waals surface area contributed by atoms with Crippen LogP contribution in [0, 0.1) is 5.41 Å². The Hall–Kier alpha value is -1.03. The van der Waals surface area contributed by atoms with E-state index in [1.54, 1.807) is 0 Å². The third kappa shape index (κ3) is 5.22. The molecule has 0 bridgehead atoms. The standard InChI is InChI=1S/C13H23NO3/c1-13(2,3)8-10(9-15)14-12(16)11-6-4-5-7-17-11/h6,10,15H,4-5,7-9H2,1-3H3,(H,14,16). The molecule has 1 heterocycles. The second kappa shape index (κ2) is 6.05. The number of carbonyl (C=O) groups is 1. The van der Waals surface area contributed by atoms with E-state index in [9.17, 15) is 9.90 Å². The molecule has 0 aromatic heterocycles. The number of aliphatic hydroxyl groups excluding tert-OH is 1. The van der Waals surface area contributed by atoms with Crippen molar-refractivity contribution in [3.05, 3.63) is 11.8 Å². The number of amides is 1. The van der Waals surface area contributed by atoms with Crippen LogP contribution in [0.4, 0.5) is 0 Å². The van der Waals surface area contributed by atoms with Crippen LogP contribution in [0.5, 0.6) is 0 Å². The predicted octanol–water partition coefficient (Wildman–Crippen LogP) is 1.59. The van der Waals surface area contributed by atoms with E-state index in [1.807, 2.05) is 6.08 Å². The van der Waals surface area contributed by atoms with Crippen LogP contribution in [0.2, 0.25) is 0 Å². The first kappa shape index (κ1) is 14.0. The highest BCUT2D eigenvalue weighted by atomic mass is 16.5. The van der Waals surface area contributed by atoms with E-state index >= 15 is 0 Å². The van der Waals surface area contributed by atoms with Gasteiger partial charge in [-0.05, 0) is 30.8 Å². The summed E-state index contributed by atoms with van der Waals surface area (Å²) in [4.78, 5) is 11.8. The summed E-state index contributed by atoms with van der Waals surface area (Å²) in [7, 11) is 0. The second-order valence-electron chi connectivity index (χ2n) is 5.68. The molecule has 2 N–H and O–H groups in total. The number of hydrogen-bond acceptors (Lipinski definition) is 3. The van der Waals surface area contributed by atoms with Crippen molar-refractivity contribution in [1.29, 1.82) is 0 Å². The minimum Gasteiger partial charge on any atom is -0.488 e. The third-order valence-electron chi connectivity index (χ3n) is 2.57. The summed E-state index contributed by atoms with van der Waals surface area (Å²) in [5, 5.41) is 12.1. The summed E-state index contributed by atoms with van der Waals surface area (Å²) in [6.45, 7) is 6.80. The number of allylic oxidation sites excluding steroid dienone is 1. The van der Waals surface area contributed by atoms with Crippen molar-refractivity contribution in [3.8, 4) is 0 Å². The van der Waals surface area contributed by atoms with Crippen molar-refractivity contribution >= 4 is 5.91 Å². The highest BCUT2D eigenvalue weighted by Crippen LogP contribution is 2.21. The molecule has 4 nitrogen and oxygen atoms in total. The lowest BCUT2D eigenvalue weighted by Crippen LogP contribution is -2.41. The molecule has 0 fully saturated rings. The van der Waals surface area contributed by atoms with Crippen molar-refractivity contribution in [1.82, 2.24) is 5.32 Å². The molecule has 98 valence electrons. The number of ether oxygens (including phenoxy) is 1. The van der Waals surface area contributed by atoms with Gasteiger partial charge in [-0.1, -0.05) is 20.8 Å². The van der Waals surface area contributed by atoms with Gasteiger partial charge < -0.3 is 15.2 Å². The molecule has 4 heteroatoms. The Morgan fingerprint density at radius 1 is 1.59 bits per heavy atom. The van der Waals surface area contributed by atoms with Gasteiger partial charge in [-0.25, -0.2) is 0 Å². The average molecular weight is 241 g/mol. The van der Waals surface area contributed by atoms with Crippen LogP contribution in [0.1, 0.15) is 40.0 Å². The van der Waals surface area contributed by atoms with Crippen LogP contribution >= 0.6 is 0 Å². The molecule has 1 amide bonds. The molecule has 1 atom stereocenters. The van der Waals surface area contributed by atoms with E-state index in [1.165, 1.54) is 0 Å². The van der Waals surface area contributed by atoms with E-state index in [-0.39, 0.29) is 24.0 Å². The maximum atomic E-state index is 11.8. The fourth-order valence-corrected chi connectivity index (χ4v) is 1.87. The Kier molecular flexibility index (Phi) is 5.00. The van der Waals surface area contributed by atoms with E-state index in [2.05, 4.69) is 26.1 Å². The monoisotopic (exact) mass is 241 g/mol. The smallest absolute Gasteiger partial charge is 0.286 e. The topological polar surface area (TPSA) is 58.6 Å². The fraction of sp³-hybridized carbons (Fsp3) is 0.769. The van der Waals surface area contributed by atoms with Gasteiger partial charge in [0.1, 0.15) is 0 Å². The molecule has 1 unspecified atom stereocenters. The van der Waals surface area contributed by atoms with Gasteiger partial charge in [0, 0.05) is 0 Å². The minimum absolute atomic E-state index is 0.0453. The van der Waals surface area contributed by atoms with Crippen LogP contribution in [0.3, 0.4) is 0 Å². The van der Waals surface area contributed by atoms with Gasteiger partial charge in [-0.2, -0.15) is 0 Å². The largest absolute Gasteiger partial charge is 0.488 e. The van der Waals surface area contributed by atoms with E-state index in [0.29, 0.717) is 12.4 Å². The summed E-state index contributed by atoms with van der Waals surface area (Å²) in [6.07, 6.45) is 4.39. The summed E-state index contributed by atoms with van der Waals surface area (Å²) in [5.74, 6) is 0.177.